The molecule has 0 aromatic heterocycles. The minimum atomic E-state index is -0.446. The van der Waals surface area contributed by atoms with Crippen LogP contribution >= 0.6 is 0 Å². The van der Waals surface area contributed by atoms with Gasteiger partial charge in [0.15, 0.2) is 0 Å². The number of aliphatic hydroxyl groups excluding tert-OH is 1. The zero-order chi connectivity index (χ0) is 20.3. The molecule has 3 N–H and O–H groups in total. The molecule has 1 saturated carbocycles. The van der Waals surface area contributed by atoms with E-state index in [-0.39, 0.29) is 46.6 Å². The summed E-state index contributed by atoms with van der Waals surface area (Å²) in [6.07, 6.45) is 13.0. The van der Waals surface area contributed by atoms with E-state index in [0.717, 1.165) is 12.8 Å². The predicted octanol–water partition coefficient (Wildman–Crippen LogP) is 2.48. The normalized spacial score (nSPS) is 46.1. The number of nitrogens with one attached hydrogen (secondary N) is 2. The molecule has 0 spiro atoms. The topological polar surface area (TPSA) is 78.4 Å². The number of hydrogen-bond donors (Lipinski definition) is 3. The van der Waals surface area contributed by atoms with Crippen molar-refractivity contribution in [3.05, 3.63) is 36.0 Å². The minimum absolute atomic E-state index is 0.000881. The van der Waals surface area contributed by atoms with Gasteiger partial charge in [0, 0.05) is 19.3 Å². The lowest BCUT2D eigenvalue weighted by Crippen LogP contribution is -2.59. The standard InChI is InChI=1S/C23H32N2O3/c1-13(26)24-19-12-15-11-16(28)7-9-22(15,3)18-8-10-23(4)17(21(18)19)5-6-20(23)25-14(2)27/h5-7,9,12,16-21,28H,8,10-11H2,1-4H3,(H,24,26)(H,25,27)/t16?,17-,18+,19?,20?,21-,22-,23-/m0/s1. The molecule has 1 fully saturated rings. The van der Waals surface area contributed by atoms with Crippen LogP contribution in [-0.2, 0) is 9.59 Å². The van der Waals surface area contributed by atoms with Gasteiger partial charge < -0.3 is 15.7 Å². The van der Waals surface area contributed by atoms with Crippen molar-refractivity contribution in [3.8, 4) is 0 Å². The summed E-state index contributed by atoms with van der Waals surface area (Å²) in [6, 6.07) is -0.00883. The lowest BCUT2D eigenvalue weighted by molar-refractivity contribution is -0.121. The van der Waals surface area contributed by atoms with Gasteiger partial charge in [0.25, 0.3) is 0 Å². The number of amides is 2. The average Bonchev–Trinajstić information content (AvgIpc) is 2.92. The van der Waals surface area contributed by atoms with Gasteiger partial charge in [0.2, 0.25) is 11.8 Å². The van der Waals surface area contributed by atoms with Crippen molar-refractivity contribution >= 4 is 11.8 Å². The van der Waals surface area contributed by atoms with Gasteiger partial charge in [-0.15, -0.1) is 0 Å². The summed E-state index contributed by atoms with van der Waals surface area (Å²) in [4.78, 5) is 23.7. The first-order valence-electron chi connectivity index (χ1n) is 10.5. The minimum Gasteiger partial charge on any atom is -0.389 e. The van der Waals surface area contributed by atoms with E-state index < -0.39 is 6.10 Å². The third-order valence-electron chi connectivity index (χ3n) is 7.94. The summed E-state index contributed by atoms with van der Waals surface area (Å²) >= 11 is 0. The molecule has 8 atom stereocenters. The molecular weight excluding hydrogens is 352 g/mol. The molecule has 0 aromatic carbocycles. The number of rotatable bonds is 2. The van der Waals surface area contributed by atoms with Gasteiger partial charge in [-0.25, -0.2) is 0 Å². The summed E-state index contributed by atoms with van der Waals surface area (Å²) in [5.74, 6) is 0.927. The van der Waals surface area contributed by atoms with E-state index in [1.54, 1.807) is 13.8 Å². The van der Waals surface area contributed by atoms with Crippen LogP contribution in [0.25, 0.3) is 0 Å². The SMILES string of the molecule is CC(=O)NC1C=C2CC(O)C=C[C@]2(C)[C@@H]2CC[C@]3(C)C(NC(C)=O)C=C[C@H]3[C@H]12. The van der Waals surface area contributed by atoms with E-state index >= 15 is 0 Å². The summed E-state index contributed by atoms with van der Waals surface area (Å²) in [6.45, 7) is 7.71. The summed E-state index contributed by atoms with van der Waals surface area (Å²) in [7, 11) is 0. The Morgan fingerprint density at radius 1 is 1.11 bits per heavy atom. The zero-order valence-corrected chi connectivity index (χ0v) is 17.2. The number of aliphatic hydroxyl groups is 1. The Morgan fingerprint density at radius 3 is 2.50 bits per heavy atom. The molecule has 4 aliphatic rings. The smallest absolute Gasteiger partial charge is 0.217 e. The second kappa shape index (κ2) is 6.58. The second-order valence-electron chi connectivity index (χ2n) is 9.65. The Labute approximate surface area is 167 Å². The zero-order valence-electron chi connectivity index (χ0n) is 17.2. The Kier molecular flexibility index (Phi) is 4.57. The summed E-state index contributed by atoms with van der Waals surface area (Å²) < 4.78 is 0. The Balaban J connectivity index is 1.75. The summed E-state index contributed by atoms with van der Waals surface area (Å²) in [5, 5.41) is 16.5. The van der Waals surface area contributed by atoms with Crippen LogP contribution in [0.15, 0.2) is 36.0 Å². The van der Waals surface area contributed by atoms with Gasteiger partial charge in [-0.3, -0.25) is 9.59 Å². The molecule has 0 aliphatic heterocycles. The van der Waals surface area contributed by atoms with Crippen LogP contribution in [0.4, 0.5) is 0 Å². The fourth-order valence-corrected chi connectivity index (χ4v) is 6.52. The third kappa shape index (κ3) is 2.86. The highest BCUT2D eigenvalue weighted by Gasteiger charge is 2.59. The van der Waals surface area contributed by atoms with E-state index in [4.69, 9.17) is 0 Å². The highest BCUT2D eigenvalue weighted by atomic mass is 16.3. The maximum Gasteiger partial charge on any atom is 0.217 e. The molecule has 3 unspecified atom stereocenters. The molecular formula is C23H32N2O3. The molecule has 0 heterocycles. The van der Waals surface area contributed by atoms with E-state index in [0.29, 0.717) is 12.3 Å². The molecule has 4 aliphatic carbocycles. The molecule has 5 nitrogen and oxygen atoms in total. The first kappa shape index (κ1) is 19.4. The van der Waals surface area contributed by atoms with Crippen LogP contribution < -0.4 is 10.6 Å². The Hall–Kier alpha value is -1.88. The molecule has 4 rings (SSSR count). The highest BCUT2D eigenvalue weighted by molar-refractivity contribution is 5.74. The first-order valence-corrected chi connectivity index (χ1v) is 10.5. The number of carbonyl (C=O) groups is 2. The van der Waals surface area contributed by atoms with Crippen molar-refractivity contribution in [2.45, 2.75) is 65.1 Å². The van der Waals surface area contributed by atoms with Crippen molar-refractivity contribution < 1.29 is 14.7 Å². The second-order valence-corrected chi connectivity index (χ2v) is 9.65. The van der Waals surface area contributed by atoms with Gasteiger partial charge in [0.1, 0.15) is 0 Å². The monoisotopic (exact) mass is 384 g/mol. The molecule has 0 saturated heterocycles. The van der Waals surface area contributed by atoms with Crippen molar-refractivity contribution in [3.63, 3.8) is 0 Å². The average molecular weight is 385 g/mol. The molecule has 0 radical (unpaired) electrons. The largest absolute Gasteiger partial charge is 0.389 e. The van der Waals surface area contributed by atoms with Gasteiger partial charge in [0.05, 0.1) is 18.2 Å². The van der Waals surface area contributed by atoms with Crippen molar-refractivity contribution in [2.24, 2.45) is 28.6 Å². The third-order valence-corrected chi connectivity index (χ3v) is 7.94. The van der Waals surface area contributed by atoms with E-state index in [9.17, 15) is 14.7 Å². The fraction of sp³-hybridized carbons (Fsp3) is 0.652. The van der Waals surface area contributed by atoms with Gasteiger partial charge in [-0.2, -0.15) is 0 Å². The van der Waals surface area contributed by atoms with Crippen LogP contribution in [0.3, 0.4) is 0 Å². The number of hydrogen-bond acceptors (Lipinski definition) is 3. The quantitative estimate of drug-likeness (QED) is 0.640. The molecule has 0 bridgehead atoms. The maximum atomic E-state index is 12.0. The van der Waals surface area contributed by atoms with Crippen molar-refractivity contribution in [1.82, 2.24) is 10.6 Å². The number of allylic oxidation sites excluding steroid dienone is 2. The number of fused-ring (bicyclic) bond motifs is 5. The molecule has 28 heavy (non-hydrogen) atoms. The van der Waals surface area contributed by atoms with E-state index in [1.165, 1.54) is 5.57 Å². The van der Waals surface area contributed by atoms with Gasteiger partial charge >= 0.3 is 0 Å². The lowest BCUT2D eigenvalue weighted by Gasteiger charge is -2.58. The highest BCUT2D eigenvalue weighted by Crippen LogP contribution is 2.62. The van der Waals surface area contributed by atoms with E-state index in [2.05, 4.69) is 48.8 Å². The molecule has 5 heteroatoms. The van der Waals surface area contributed by atoms with Crippen LogP contribution in [0, 0.1) is 28.6 Å². The maximum absolute atomic E-state index is 12.0. The summed E-state index contributed by atoms with van der Waals surface area (Å²) in [5.41, 5.74) is 1.12. The number of carbonyl (C=O) groups excluding carboxylic acids is 2. The van der Waals surface area contributed by atoms with Crippen LogP contribution in [0.5, 0.6) is 0 Å². The lowest BCUT2D eigenvalue weighted by atomic mass is 9.47. The molecule has 2 amide bonds. The molecule has 0 aromatic rings. The Bertz CT molecular complexity index is 785. The van der Waals surface area contributed by atoms with Crippen molar-refractivity contribution in [2.75, 3.05) is 0 Å². The van der Waals surface area contributed by atoms with Gasteiger partial charge in [-0.05, 0) is 42.4 Å². The first-order chi connectivity index (χ1) is 13.1. The fourth-order valence-electron chi connectivity index (χ4n) is 6.52. The van der Waals surface area contributed by atoms with Crippen LogP contribution in [0.2, 0.25) is 0 Å². The van der Waals surface area contributed by atoms with Gasteiger partial charge in [-0.1, -0.05) is 49.8 Å². The molecule has 152 valence electrons. The van der Waals surface area contributed by atoms with Crippen LogP contribution in [-0.4, -0.2) is 35.1 Å². The predicted molar refractivity (Wildman–Crippen MR) is 108 cm³/mol. The van der Waals surface area contributed by atoms with E-state index in [1.807, 2.05) is 6.08 Å². The van der Waals surface area contributed by atoms with Crippen LogP contribution in [0.1, 0.15) is 47.0 Å². The Morgan fingerprint density at radius 2 is 1.82 bits per heavy atom. The van der Waals surface area contributed by atoms with Crippen molar-refractivity contribution in [1.29, 1.82) is 0 Å².